The fraction of sp³-hybridized carbons (Fsp3) is 0.609. The summed E-state index contributed by atoms with van der Waals surface area (Å²) in [4.78, 5) is 17.0. The van der Waals surface area contributed by atoms with Gasteiger partial charge in [0.1, 0.15) is 5.82 Å². The highest BCUT2D eigenvalue weighted by atomic mass is 35.5. The molecule has 1 aliphatic carbocycles. The molecule has 2 aromatic rings. The Kier molecular flexibility index (Phi) is 7.02. The van der Waals surface area contributed by atoms with Crippen molar-refractivity contribution in [2.24, 2.45) is 5.41 Å². The number of rotatable bonds is 7. The number of carbonyl (C=O) groups is 1. The molecule has 0 bridgehead atoms. The number of methoxy groups -OCH3 is 1. The molecule has 0 aromatic carbocycles. The van der Waals surface area contributed by atoms with Gasteiger partial charge < -0.3 is 15.4 Å². The van der Waals surface area contributed by atoms with Gasteiger partial charge in [0.2, 0.25) is 0 Å². The van der Waals surface area contributed by atoms with E-state index in [1.165, 1.54) is 5.69 Å². The Labute approximate surface area is 194 Å². The molecule has 32 heavy (non-hydrogen) atoms. The number of hydrogen-bond acceptors (Lipinski definition) is 5. The Morgan fingerprint density at radius 1 is 1.28 bits per heavy atom. The molecule has 3 heterocycles. The van der Waals surface area contributed by atoms with Gasteiger partial charge in [0.25, 0.3) is 0 Å². The summed E-state index contributed by atoms with van der Waals surface area (Å²) >= 11 is 6.48. The van der Waals surface area contributed by atoms with Crippen LogP contribution in [0.4, 0.5) is 10.6 Å². The van der Waals surface area contributed by atoms with Crippen molar-refractivity contribution in [3.63, 3.8) is 0 Å². The Bertz CT molecular complexity index is 960. The zero-order valence-corrected chi connectivity index (χ0v) is 19.8. The van der Waals surface area contributed by atoms with Crippen LogP contribution in [-0.2, 0) is 17.7 Å². The minimum absolute atomic E-state index is 0.136. The van der Waals surface area contributed by atoms with Crippen LogP contribution in [0.1, 0.15) is 45.2 Å². The molecule has 1 fully saturated rings. The lowest BCUT2D eigenvalue weighted by Gasteiger charge is -2.30. The van der Waals surface area contributed by atoms with Crippen LogP contribution < -0.4 is 16.0 Å². The number of halogens is 1. The van der Waals surface area contributed by atoms with Gasteiger partial charge in [0.05, 0.1) is 17.8 Å². The molecular formula is C23H33ClN6O2. The molecule has 0 spiro atoms. The van der Waals surface area contributed by atoms with Gasteiger partial charge in [-0.05, 0) is 43.6 Å². The molecule has 174 valence electrons. The van der Waals surface area contributed by atoms with Crippen molar-refractivity contribution >= 4 is 23.4 Å². The highest BCUT2D eigenvalue weighted by Gasteiger charge is 2.32. The summed E-state index contributed by atoms with van der Waals surface area (Å²) in [5.74, 6) is 0.477. The van der Waals surface area contributed by atoms with Crippen LogP contribution in [-0.4, -0.2) is 53.1 Å². The maximum absolute atomic E-state index is 12.7. The predicted molar refractivity (Wildman–Crippen MR) is 126 cm³/mol. The molecule has 2 unspecified atom stereocenters. The first-order chi connectivity index (χ1) is 15.3. The summed E-state index contributed by atoms with van der Waals surface area (Å²) in [5.41, 5.74) is 3.20. The van der Waals surface area contributed by atoms with Crippen LogP contribution in [0.3, 0.4) is 0 Å². The van der Waals surface area contributed by atoms with E-state index in [-0.39, 0.29) is 17.5 Å². The van der Waals surface area contributed by atoms with E-state index in [0.29, 0.717) is 23.5 Å². The van der Waals surface area contributed by atoms with Crippen LogP contribution in [0, 0.1) is 5.41 Å². The minimum Gasteiger partial charge on any atom is -0.383 e. The van der Waals surface area contributed by atoms with E-state index in [1.54, 1.807) is 13.3 Å². The standard InChI is InChI=1S/C23H33ClN6O2/c1-23(2)11-20-18(12-27-30(20)14-23)17-10-21(26-13-19(17)24)29-22(31)28-16-6-4-5-15(9-16)25-7-8-32-3/h10,12-13,15-16,25H,4-9,11,14H2,1-3H3,(H2,26,28,29,31). The number of ether oxygens (including phenoxy) is 1. The number of nitrogens with one attached hydrogen (secondary N) is 3. The minimum atomic E-state index is -0.241. The molecule has 3 N–H and O–H groups in total. The van der Waals surface area contributed by atoms with Crippen molar-refractivity contribution in [2.75, 3.05) is 25.6 Å². The Morgan fingerprint density at radius 2 is 2.09 bits per heavy atom. The molecule has 0 saturated heterocycles. The van der Waals surface area contributed by atoms with E-state index in [2.05, 4.69) is 39.9 Å². The van der Waals surface area contributed by atoms with Crippen molar-refractivity contribution in [2.45, 2.75) is 64.6 Å². The lowest BCUT2D eigenvalue weighted by Crippen LogP contribution is -2.46. The topological polar surface area (TPSA) is 93.1 Å². The van der Waals surface area contributed by atoms with Crippen LogP contribution in [0.25, 0.3) is 11.1 Å². The highest BCUT2D eigenvalue weighted by Crippen LogP contribution is 2.39. The van der Waals surface area contributed by atoms with Gasteiger partial charge in [-0.15, -0.1) is 0 Å². The zero-order valence-electron chi connectivity index (χ0n) is 19.1. The van der Waals surface area contributed by atoms with E-state index in [9.17, 15) is 4.79 Å². The summed E-state index contributed by atoms with van der Waals surface area (Å²) in [6.45, 7) is 6.88. The largest absolute Gasteiger partial charge is 0.383 e. The summed E-state index contributed by atoms with van der Waals surface area (Å²) in [5, 5.41) is 14.6. The lowest BCUT2D eigenvalue weighted by atomic mass is 9.89. The second kappa shape index (κ2) is 9.77. The normalized spacial score (nSPS) is 21.9. The molecule has 4 rings (SSSR count). The number of nitrogens with zero attached hydrogens (tertiary/aromatic N) is 3. The van der Waals surface area contributed by atoms with E-state index in [4.69, 9.17) is 16.3 Å². The number of hydrogen-bond donors (Lipinski definition) is 3. The fourth-order valence-electron chi connectivity index (χ4n) is 4.80. The van der Waals surface area contributed by atoms with Crippen LogP contribution in [0.5, 0.6) is 0 Å². The molecular weight excluding hydrogens is 428 g/mol. The van der Waals surface area contributed by atoms with Gasteiger partial charge in [-0.2, -0.15) is 5.10 Å². The van der Waals surface area contributed by atoms with Gasteiger partial charge in [0, 0.05) is 55.3 Å². The molecule has 1 saturated carbocycles. The molecule has 2 aliphatic rings. The number of amides is 2. The molecule has 8 nitrogen and oxygen atoms in total. The third-order valence-corrected chi connectivity index (χ3v) is 6.61. The maximum Gasteiger partial charge on any atom is 0.320 e. The fourth-order valence-corrected chi connectivity index (χ4v) is 5.00. The zero-order chi connectivity index (χ0) is 22.7. The maximum atomic E-state index is 12.7. The predicted octanol–water partition coefficient (Wildman–Crippen LogP) is 3.85. The molecule has 2 amide bonds. The van der Waals surface area contributed by atoms with Gasteiger partial charge in [-0.1, -0.05) is 25.4 Å². The Hall–Kier alpha value is -2.16. The number of carbonyl (C=O) groups excluding carboxylic acids is 1. The molecule has 0 radical (unpaired) electrons. The number of aromatic nitrogens is 3. The molecule has 2 atom stereocenters. The van der Waals surface area contributed by atoms with Crippen molar-refractivity contribution in [1.29, 1.82) is 0 Å². The highest BCUT2D eigenvalue weighted by molar-refractivity contribution is 6.33. The quantitative estimate of drug-likeness (QED) is 0.546. The number of anilines is 1. The van der Waals surface area contributed by atoms with E-state index >= 15 is 0 Å². The van der Waals surface area contributed by atoms with Gasteiger partial charge in [0.15, 0.2) is 0 Å². The van der Waals surface area contributed by atoms with Crippen LogP contribution >= 0.6 is 11.6 Å². The van der Waals surface area contributed by atoms with Gasteiger partial charge in [-0.25, -0.2) is 9.78 Å². The van der Waals surface area contributed by atoms with Crippen LogP contribution in [0.15, 0.2) is 18.5 Å². The lowest BCUT2D eigenvalue weighted by molar-refractivity contribution is 0.189. The Morgan fingerprint density at radius 3 is 2.91 bits per heavy atom. The smallest absolute Gasteiger partial charge is 0.320 e. The number of urea groups is 1. The second-order valence-electron chi connectivity index (χ2n) is 9.66. The molecule has 9 heteroatoms. The van der Waals surface area contributed by atoms with Crippen molar-refractivity contribution < 1.29 is 9.53 Å². The van der Waals surface area contributed by atoms with E-state index in [0.717, 1.165) is 56.3 Å². The van der Waals surface area contributed by atoms with Crippen molar-refractivity contribution in [3.8, 4) is 11.1 Å². The van der Waals surface area contributed by atoms with Crippen molar-refractivity contribution in [1.82, 2.24) is 25.4 Å². The monoisotopic (exact) mass is 460 g/mol. The first-order valence-electron chi connectivity index (χ1n) is 11.3. The summed E-state index contributed by atoms with van der Waals surface area (Å²) in [7, 11) is 1.70. The summed E-state index contributed by atoms with van der Waals surface area (Å²) < 4.78 is 7.15. The average molecular weight is 461 g/mol. The molecule has 2 aromatic heterocycles. The number of fused-ring (bicyclic) bond motifs is 1. The third-order valence-electron chi connectivity index (χ3n) is 6.31. The van der Waals surface area contributed by atoms with Gasteiger partial charge >= 0.3 is 6.03 Å². The molecule has 1 aliphatic heterocycles. The average Bonchev–Trinajstić information content (AvgIpc) is 3.25. The Balaban J connectivity index is 1.39. The van der Waals surface area contributed by atoms with E-state index in [1.807, 2.05) is 16.9 Å². The van der Waals surface area contributed by atoms with E-state index < -0.39 is 0 Å². The van der Waals surface area contributed by atoms with Crippen LogP contribution in [0.2, 0.25) is 5.02 Å². The third kappa shape index (κ3) is 5.42. The number of pyridine rings is 1. The van der Waals surface area contributed by atoms with Gasteiger partial charge in [-0.3, -0.25) is 10.00 Å². The summed E-state index contributed by atoms with van der Waals surface area (Å²) in [6.07, 6.45) is 8.48. The summed E-state index contributed by atoms with van der Waals surface area (Å²) in [6, 6.07) is 2.13. The first-order valence-corrected chi connectivity index (χ1v) is 11.7. The second-order valence-corrected chi connectivity index (χ2v) is 10.1. The first kappa shape index (κ1) is 23.0. The van der Waals surface area contributed by atoms with Crippen molar-refractivity contribution in [3.05, 3.63) is 29.2 Å². The SMILES string of the molecule is COCCNC1CCCC(NC(=O)Nc2cc(-c3cnn4c3CC(C)(C)C4)c(Cl)cn2)C1.